The number of pyridine rings is 1. The fraction of sp³-hybridized carbons (Fsp3) is 0.194. The van der Waals surface area contributed by atoms with Crippen molar-refractivity contribution >= 4 is 21.5 Å². The molecule has 0 fully saturated rings. The molecule has 0 saturated carbocycles. The topological polar surface area (TPSA) is 22.1 Å². The van der Waals surface area contributed by atoms with Crippen LogP contribution in [0.15, 0.2) is 96.9 Å². The van der Waals surface area contributed by atoms with Crippen LogP contribution in [-0.2, 0) is 0 Å². The summed E-state index contributed by atoms with van der Waals surface area (Å²) >= 11 is 0. The fourth-order valence-corrected chi connectivity index (χ4v) is 3.71. The van der Waals surface area contributed by atoms with Crippen molar-refractivity contribution in [3.8, 4) is 28.8 Å². The summed E-state index contributed by atoms with van der Waals surface area (Å²) in [4.78, 5) is 4.62. The van der Waals surface area contributed by atoms with Gasteiger partial charge in [0.25, 0.3) is 0 Å². The summed E-state index contributed by atoms with van der Waals surface area (Å²) in [6.45, 7) is 7.98. The normalized spacial score (nSPS) is 11.1. The van der Waals surface area contributed by atoms with Crippen molar-refractivity contribution in [3.05, 3.63) is 96.9 Å². The molecule has 33 heavy (non-hydrogen) atoms. The van der Waals surface area contributed by atoms with Gasteiger partial charge in [-0.05, 0) is 62.2 Å². The standard InChI is InChI=1S/C25H21NO.C6H10/c1-3-11-18(4-2)27-25-21-14-7-5-12-19(21)24(23-16-9-10-17-26-23)20-13-6-8-15-22(20)25;1-3-5-6-4-2/h3-17H,1-2H3;3,5H2,1-2H3/b11-3-,18-4+;. The molecule has 1 heterocycles. The number of ether oxygens (including phenoxy) is 1. The summed E-state index contributed by atoms with van der Waals surface area (Å²) in [6.07, 6.45) is 10.0. The summed E-state index contributed by atoms with van der Waals surface area (Å²) in [5.41, 5.74) is 2.11. The highest BCUT2D eigenvalue weighted by Crippen LogP contribution is 2.43. The Morgan fingerprint density at radius 2 is 1.48 bits per heavy atom. The minimum Gasteiger partial charge on any atom is -0.456 e. The van der Waals surface area contributed by atoms with Crippen molar-refractivity contribution < 1.29 is 4.74 Å². The lowest BCUT2D eigenvalue weighted by Gasteiger charge is -2.17. The number of fused-ring (bicyclic) bond motifs is 2. The van der Waals surface area contributed by atoms with Gasteiger partial charge in [-0.2, -0.15) is 0 Å². The highest BCUT2D eigenvalue weighted by molar-refractivity contribution is 6.16. The zero-order valence-corrected chi connectivity index (χ0v) is 19.9. The Morgan fingerprint density at radius 1 is 0.879 bits per heavy atom. The molecule has 0 spiro atoms. The van der Waals surface area contributed by atoms with Gasteiger partial charge in [-0.15, -0.1) is 11.8 Å². The molecule has 0 radical (unpaired) electrons. The number of unbranched alkanes of at least 4 members (excludes halogenated alkanes) is 1. The van der Waals surface area contributed by atoms with Crippen LogP contribution in [0, 0.1) is 11.8 Å². The lowest BCUT2D eigenvalue weighted by atomic mass is 9.93. The number of benzene rings is 3. The summed E-state index contributed by atoms with van der Waals surface area (Å²) < 4.78 is 6.38. The van der Waals surface area contributed by atoms with E-state index >= 15 is 0 Å². The number of aromatic nitrogens is 1. The van der Waals surface area contributed by atoms with E-state index in [-0.39, 0.29) is 0 Å². The average Bonchev–Trinajstić information content (AvgIpc) is 2.87. The second kappa shape index (κ2) is 12.3. The quantitative estimate of drug-likeness (QED) is 0.136. The van der Waals surface area contributed by atoms with Crippen LogP contribution in [0.4, 0.5) is 0 Å². The van der Waals surface area contributed by atoms with Crippen LogP contribution < -0.4 is 4.74 Å². The van der Waals surface area contributed by atoms with Crippen LogP contribution >= 0.6 is 0 Å². The number of hydrogen-bond acceptors (Lipinski definition) is 2. The van der Waals surface area contributed by atoms with Crippen molar-refractivity contribution in [2.24, 2.45) is 0 Å². The van der Waals surface area contributed by atoms with E-state index in [0.717, 1.165) is 50.7 Å². The van der Waals surface area contributed by atoms with Crippen LogP contribution in [0.1, 0.15) is 40.5 Å². The Hall–Kier alpha value is -3.83. The Balaban J connectivity index is 0.000000454. The summed E-state index contributed by atoms with van der Waals surface area (Å²) in [6, 6.07) is 22.8. The lowest BCUT2D eigenvalue weighted by Crippen LogP contribution is -1.96. The largest absolute Gasteiger partial charge is 0.456 e. The van der Waals surface area contributed by atoms with Gasteiger partial charge in [0.05, 0.1) is 5.69 Å². The van der Waals surface area contributed by atoms with E-state index in [0.29, 0.717) is 0 Å². The third kappa shape index (κ3) is 5.70. The first-order chi connectivity index (χ1) is 16.2. The number of hydrogen-bond donors (Lipinski definition) is 0. The summed E-state index contributed by atoms with van der Waals surface area (Å²) in [5, 5.41) is 4.45. The Morgan fingerprint density at radius 3 is 1.94 bits per heavy atom. The monoisotopic (exact) mass is 433 g/mol. The van der Waals surface area contributed by atoms with Crippen LogP contribution in [0.5, 0.6) is 5.75 Å². The number of rotatable bonds is 5. The van der Waals surface area contributed by atoms with E-state index in [4.69, 9.17) is 4.74 Å². The van der Waals surface area contributed by atoms with Gasteiger partial charge >= 0.3 is 0 Å². The molecule has 0 aliphatic rings. The average molecular weight is 434 g/mol. The molecule has 4 aromatic rings. The minimum absolute atomic E-state index is 0.832. The molecule has 0 amide bonds. The maximum Gasteiger partial charge on any atom is 0.143 e. The molecular weight excluding hydrogens is 402 g/mol. The van der Waals surface area contributed by atoms with Gasteiger partial charge in [-0.3, -0.25) is 4.98 Å². The van der Waals surface area contributed by atoms with Crippen LogP contribution in [-0.4, -0.2) is 4.98 Å². The number of allylic oxidation sites excluding steroid dienone is 3. The highest BCUT2D eigenvalue weighted by atomic mass is 16.5. The number of nitrogens with zero attached hydrogens (tertiary/aromatic N) is 1. The first-order valence-corrected chi connectivity index (χ1v) is 11.5. The van der Waals surface area contributed by atoms with E-state index in [1.807, 2.05) is 57.3 Å². The molecular formula is C31H31NO. The Kier molecular flexibility index (Phi) is 8.86. The van der Waals surface area contributed by atoms with E-state index in [9.17, 15) is 0 Å². The molecule has 0 saturated heterocycles. The maximum absolute atomic E-state index is 6.38. The van der Waals surface area contributed by atoms with Crippen molar-refractivity contribution in [3.63, 3.8) is 0 Å². The molecule has 0 atom stereocenters. The smallest absolute Gasteiger partial charge is 0.143 e. The molecule has 0 aliphatic carbocycles. The molecule has 0 bridgehead atoms. The summed E-state index contributed by atoms with van der Waals surface area (Å²) in [5.74, 6) is 7.48. The molecule has 2 nitrogen and oxygen atoms in total. The van der Waals surface area contributed by atoms with Crippen molar-refractivity contribution in [1.29, 1.82) is 0 Å². The van der Waals surface area contributed by atoms with Crippen molar-refractivity contribution in [2.45, 2.75) is 40.5 Å². The molecule has 2 heteroatoms. The van der Waals surface area contributed by atoms with Crippen molar-refractivity contribution in [1.82, 2.24) is 4.98 Å². The molecule has 166 valence electrons. The molecule has 0 unspecified atom stereocenters. The van der Waals surface area contributed by atoms with E-state index in [2.05, 4.69) is 78.3 Å². The molecule has 0 aliphatic heterocycles. The third-order valence-electron chi connectivity index (χ3n) is 5.19. The fourth-order valence-electron chi connectivity index (χ4n) is 3.71. The maximum atomic E-state index is 6.38. The first kappa shape index (κ1) is 23.8. The molecule has 3 aromatic carbocycles. The van der Waals surface area contributed by atoms with E-state index < -0.39 is 0 Å². The predicted octanol–water partition coefficient (Wildman–Crippen LogP) is 8.72. The van der Waals surface area contributed by atoms with Gasteiger partial charge < -0.3 is 4.74 Å². The third-order valence-corrected chi connectivity index (χ3v) is 5.19. The highest BCUT2D eigenvalue weighted by Gasteiger charge is 2.17. The second-order valence-corrected chi connectivity index (χ2v) is 7.48. The van der Waals surface area contributed by atoms with Gasteiger partial charge in [0.15, 0.2) is 0 Å². The first-order valence-electron chi connectivity index (χ1n) is 11.5. The van der Waals surface area contributed by atoms with Gasteiger partial charge in [-0.25, -0.2) is 0 Å². The van der Waals surface area contributed by atoms with Crippen LogP contribution in [0.3, 0.4) is 0 Å². The molecule has 4 rings (SSSR count). The van der Waals surface area contributed by atoms with E-state index in [1.54, 1.807) is 0 Å². The minimum atomic E-state index is 0.832. The predicted molar refractivity (Wildman–Crippen MR) is 142 cm³/mol. The van der Waals surface area contributed by atoms with Crippen LogP contribution in [0.2, 0.25) is 0 Å². The second-order valence-electron chi connectivity index (χ2n) is 7.48. The zero-order chi connectivity index (χ0) is 23.5. The molecule has 1 aromatic heterocycles. The van der Waals surface area contributed by atoms with Gasteiger partial charge in [0, 0.05) is 29.0 Å². The van der Waals surface area contributed by atoms with E-state index in [1.165, 1.54) is 6.42 Å². The Bertz CT molecular complexity index is 1260. The van der Waals surface area contributed by atoms with Crippen LogP contribution in [0.25, 0.3) is 32.8 Å². The van der Waals surface area contributed by atoms with Gasteiger partial charge in [0.1, 0.15) is 11.5 Å². The molecule has 0 N–H and O–H groups in total. The van der Waals surface area contributed by atoms with Crippen molar-refractivity contribution in [2.75, 3.05) is 0 Å². The van der Waals surface area contributed by atoms with Gasteiger partial charge in [-0.1, -0.05) is 67.6 Å². The zero-order valence-electron chi connectivity index (χ0n) is 19.9. The Labute approximate surface area is 197 Å². The SMILES string of the molecule is C/C=C\C(=C/C)Oc1c2ccccc2c(-c2ccccn2)c2ccccc12.CC#CCCC. The lowest BCUT2D eigenvalue weighted by molar-refractivity contribution is 0.453. The van der Waals surface area contributed by atoms with Gasteiger partial charge in [0.2, 0.25) is 0 Å². The summed E-state index contributed by atoms with van der Waals surface area (Å²) in [7, 11) is 0.